The zero-order valence-corrected chi connectivity index (χ0v) is 11.6. The van der Waals surface area contributed by atoms with Crippen molar-refractivity contribution in [3.63, 3.8) is 0 Å². The highest BCUT2D eigenvalue weighted by atomic mass is 16.1. The van der Waals surface area contributed by atoms with Crippen LogP contribution in [0.1, 0.15) is 20.3 Å². The molecule has 0 aliphatic rings. The van der Waals surface area contributed by atoms with Crippen molar-refractivity contribution in [1.82, 2.24) is 30.1 Å². The van der Waals surface area contributed by atoms with E-state index in [1.165, 1.54) is 10.9 Å². The third-order valence-electron chi connectivity index (χ3n) is 3.02. The predicted molar refractivity (Wildman–Crippen MR) is 72.9 cm³/mol. The third kappa shape index (κ3) is 3.17. The molecule has 0 amide bonds. The lowest BCUT2D eigenvalue weighted by Gasteiger charge is -2.07. The van der Waals surface area contributed by atoms with Crippen LogP contribution in [0.25, 0.3) is 11.0 Å². The first-order chi connectivity index (χ1) is 9.09. The molecule has 1 N–H and O–H groups in total. The topological polar surface area (TPSA) is 77.6 Å². The van der Waals surface area contributed by atoms with E-state index >= 15 is 0 Å². The summed E-state index contributed by atoms with van der Waals surface area (Å²) >= 11 is 0. The predicted octanol–water partition coefficient (Wildman–Crippen LogP) is 0.161. The number of fused-ring (bicyclic) bond motifs is 1. The summed E-state index contributed by atoms with van der Waals surface area (Å²) in [5.74, 6) is 0.682. The van der Waals surface area contributed by atoms with Crippen molar-refractivity contribution in [2.75, 3.05) is 13.1 Å². The molecule has 0 aliphatic heterocycles. The largest absolute Gasteiger partial charge is 0.315 e. The summed E-state index contributed by atoms with van der Waals surface area (Å²) < 4.78 is 2.93. The molecule has 7 heteroatoms. The Balaban J connectivity index is 1.98. The van der Waals surface area contributed by atoms with Crippen molar-refractivity contribution in [3.8, 4) is 0 Å². The van der Waals surface area contributed by atoms with Crippen LogP contribution in [-0.2, 0) is 13.6 Å². The number of rotatable bonds is 6. The summed E-state index contributed by atoms with van der Waals surface area (Å²) in [7, 11) is 1.74. The molecule has 19 heavy (non-hydrogen) atoms. The van der Waals surface area contributed by atoms with E-state index in [9.17, 15) is 4.79 Å². The van der Waals surface area contributed by atoms with Crippen LogP contribution in [0.4, 0.5) is 0 Å². The normalized spacial score (nSPS) is 11.6. The fourth-order valence-corrected chi connectivity index (χ4v) is 1.82. The highest BCUT2D eigenvalue weighted by Gasteiger charge is 2.08. The summed E-state index contributed by atoms with van der Waals surface area (Å²) in [4.78, 5) is 12.1. The Morgan fingerprint density at radius 2 is 2.16 bits per heavy atom. The van der Waals surface area contributed by atoms with Gasteiger partial charge in [0.2, 0.25) is 0 Å². The van der Waals surface area contributed by atoms with Gasteiger partial charge in [0.25, 0.3) is 5.56 Å². The van der Waals surface area contributed by atoms with Crippen LogP contribution in [-0.4, -0.2) is 37.9 Å². The maximum Gasteiger partial charge on any atom is 0.280 e. The fraction of sp³-hybridized carbons (Fsp3) is 0.667. The lowest BCUT2D eigenvalue weighted by molar-refractivity contribution is 0.485. The lowest BCUT2D eigenvalue weighted by atomic mass is 10.1. The average molecular weight is 264 g/mol. The first kappa shape index (κ1) is 13.7. The van der Waals surface area contributed by atoms with Crippen molar-refractivity contribution in [3.05, 3.63) is 16.6 Å². The average Bonchev–Trinajstić information content (AvgIpc) is 2.74. The van der Waals surface area contributed by atoms with Crippen molar-refractivity contribution in [2.45, 2.75) is 26.8 Å². The Kier molecular flexibility index (Phi) is 4.26. The van der Waals surface area contributed by atoms with Gasteiger partial charge in [-0.15, -0.1) is 5.10 Å². The van der Waals surface area contributed by atoms with Crippen LogP contribution < -0.4 is 10.9 Å². The van der Waals surface area contributed by atoms with Crippen LogP contribution in [0.2, 0.25) is 0 Å². The first-order valence-corrected chi connectivity index (χ1v) is 6.56. The minimum absolute atomic E-state index is 0.135. The molecule has 0 radical (unpaired) electrons. The molecule has 0 saturated heterocycles. The Morgan fingerprint density at radius 3 is 2.89 bits per heavy atom. The molecule has 2 rings (SSSR count). The summed E-state index contributed by atoms with van der Waals surface area (Å²) in [6, 6.07) is 0. The number of aryl methyl sites for hydroxylation is 1. The maximum absolute atomic E-state index is 12.1. The third-order valence-corrected chi connectivity index (χ3v) is 3.02. The number of nitrogens with zero attached hydrogens (tertiary/aromatic N) is 5. The molecule has 0 saturated carbocycles. The molecular weight excluding hydrogens is 244 g/mol. The monoisotopic (exact) mass is 264 g/mol. The second-order valence-corrected chi connectivity index (χ2v) is 5.06. The van der Waals surface area contributed by atoms with Gasteiger partial charge in [-0.1, -0.05) is 19.1 Å². The Hall–Kier alpha value is -1.76. The van der Waals surface area contributed by atoms with E-state index in [0.29, 0.717) is 30.0 Å². The van der Waals surface area contributed by atoms with E-state index in [0.717, 1.165) is 13.0 Å². The minimum atomic E-state index is -0.135. The van der Waals surface area contributed by atoms with Crippen molar-refractivity contribution >= 4 is 11.0 Å². The van der Waals surface area contributed by atoms with Gasteiger partial charge in [-0.05, 0) is 18.9 Å². The van der Waals surface area contributed by atoms with Gasteiger partial charge in [-0.25, -0.2) is 9.36 Å². The molecule has 0 bridgehead atoms. The van der Waals surface area contributed by atoms with E-state index in [1.807, 2.05) is 0 Å². The van der Waals surface area contributed by atoms with Gasteiger partial charge >= 0.3 is 0 Å². The van der Waals surface area contributed by atoms with E-state index in [4.69, 9.17) is 0 Å². The highest BCUT2D eigenvalue weighted by Crippen LogP contribution is 2.01. The van der Waals surface area contributed by atoms with Crippen LogP contribution >= 0.6 is 0 Å². The number of hydrogen-bond donors (Lipinski definition) is 1. The number of aromatic nitrogens is 5. The fourth-order valence-electron chi connectivity index (χ4n) is 1.82. The quantitative estimate of drug-likeness (QED) is 0.752. The molecule has 7 nitrogen and oxygen atoms in total. The molecule has 0 unspecified atom stereocenters. The summed E-state index contributed by atoms with van der Waals surface area (Å²) in [6.45, 7) is 6.57. The zero-order valence-electron chi connectivity index (χ0n) is 11.6. The van der Waals surface area contributed by atoms with Gasteiger partial charge in [0, 0.05) is 13.6 Å². The van der Waals surface area contributed by atoms with Crippen LogP contribution in [0.15, 0.2) is 11.0 Å². The molecule has 0 atom stereocenters. The molecule has 0 fully saturated rings. The smallest absolute Gasteiger partial charge is 0.280 e. The van der Waals surface area contributed by atoms with Gasteiger partial charge in [0.05, 0.1) is 12.7 Å². The summed E-state index contributed by atoms with van der Waals surface area (Å²) in [5.41, 5.74) is 0.387. The van der Waals surface area contributed by atoms with Crippen molar-refractivity contribution in [2.24, 2.45) is 13.0 Å². The maximum atomic E-state index is 12.1. The Morgan fingerprint density at radius 1 is 1.37 bits per heavy atom. The van der Waals surface area contributed by atoms with Crippen LogP contribution in [0.3, 0.4) is 0 Å². The highest BCUT2D eigenvalue weighted by molar-refractivity contribution is 5.72. The summed E-state index contributed by atoms with van der Waals surface area (Å²) in [5, 5.41) is 15.8. The number of nitrogens with one attached hydrogen (secondary N) is 1. The van der Waals surface area contributed by atoms with E-state index < -0.39 is 0 Å². The van der Waals surface area contributed by atoms with E-state index in [1.54, 1.807) is 11.7 Å². The van der Waals surface area contributed by atoms with Gasteiger partial charge in [0.15, 0.2) is 5.65 Å². The summed E-state index contributed by atoms with van der Waals surface area (Å²) in [6.07, 6.45) is 2.66. The van der Waals surface area contributed by atoms with Gasteiger partial charge < -0.3 is 5.32 Å². The number of hydrogen-bond acceptors (Lipinski definition) is 5. The van der Waals surface area contributed by atoms with Gasteiger partial charge in [-0.3, -0.25) is 4.79 Å². The molecule has 0 aromatic carbocycles. The van der Waals surface area contributed by atoms with Crippen molar-refractivity contribution < 1.29 is 0 Å². The minimum Gasteiger partial charge on any atom is -0.315 e. The molecule has 0 spiro atoms. The Labute approximate surface area is 111 Å². The molecule has 104 valence electrons. The Bertz CT molecular complexity index is 600. The van der Waals surface area contributed by atoms with Crippen LogP contribution in [0, 0.1) is 5.92 Å². The standard InChI is InChI=1S/C12H20N6O/c1-9(2)4-5-13-6-7-18-12(19)10-8-14-17(3)11(10)15-16-18/h8-9,13H,4-7H2,1-3H3. The molecule has 2 heterocycles. The molecule has 2 aromatic rings. The molecule has 0 aliphatic carbocycles. The zero-order chi connectivity index (χ0) is 13.8. The molecule has 2 aromatic heterocycles. The van der Waals surface area contributed by atoms with Gasteiger partial charge in [0.1, 0.15) is 5.39 Å². The van der Waals surface area contributed by atoms with Crippen molar-refractivity contribution in [1.29, 1.82) is 0 Å². The van der Waals surface area contributed by atoms with E-state index in [2.05, 4.69) is 34.6 Å². The first-order valence-electron chi connectivity index (χ1n) is 6.56. The van der Waals surface area contributed by atoms with E-state index in [-0.39, 0.29) is 5.56 Å². The second kappa shape index (κ2) is 5.92. The lowest BCUT2D eigenvalue weighted by Crippen LogP contribution is -2.30. The second-order valence-electron chi connectivity index (χ2n) is 5.06. The van der Waals surface area contributed by atoms with Gasteiger partial charge in [-0.2, -0.15) is 5.10 Å². The van der Waals surface area contributed by atoms with Crippen LogP contribution in [0.5, 0.6) is 0 Å². The SMILES string of the molecule is CC(C)CCNCCn1nnc2c(cnn2C)c1=O. The molecular formula is C12H20N6O.